The molecule has 4 aromatic rings. The molecule has 6 heterocycles. The predicted molar refractivity (Wildman–Crippen MR) is 255 cm³/mol. The molecule has 3 saturated heterocycles. The van der Waals surface area contributed by atoms with Crippen LogP contribution in [0.25, 0.3) is 0 Å². The largest absolute Gasteiger partial charge is 0.495 e. The smallest absolute Gasteiger partial charge is 0.433 e. The van der Waals surface area contributed by atoms with Crippen molar-refractivity contribution in [1.82, 2.24) is 25.4 Å². The Kier molecular flexibility index (Phi) is 12.0. The van der Waals surface area contributed by atoms with E-state index in [1.165, 1.54) is 24.3 Å². The summed E-state index contributed by atoms with van der Waals surface area (Å²) in [6.45, 7) is 7.44. The van der Waals surface area contributed by atoms with Crippen LogP contribution in [0.1, 0.15) is 114 Å². The quantitative estimate of drug-likeness (QED) is 0.0823. The van der Waals surface area contributed by atoms with Crippen molar-refractivity contribution in [3.63, 3.8) is 0 Å². The molecule has 5 aliphatic heterocycles. The summed E-state index contributed by atoms with van der Waals surface area (Å²) in [7, 11) is 1.42. The van der Waals surface area contributed by atoms with Crippen molar-refractivity contribution < 1.29 is 46.3 Å². The molecule has 71 heavy (non-hydrogen) atoms. The van der Waals surface area contributed by atoms with Crippen LogP contribution in [0.2, 0.25) is 5.02 Å². The number of rotatable bonds is 7. The lowest BCUT2D eigenvalue weighted by Crippen LogP contribution is -2.52. The third-order valence-corrected chi connectivity index (χ3v) is 15.7. The minimum atomic E-state index is -4.70. The Labute approximate surface area is 412 Å². The van der Waals surface area contributed by atoms with Crippen LogP contribution >= 0.6 is 11.6 Å². The van der Waals surface area contributed by atoms with Crippen molar-refractivity contribution in [1.29, 1.82) is 0 Å². The number of aromatic nitrogens is 1. The maximum atomic E-state index is 16.3. The molecule has 6 atom stereocenters. The molecule has 3 aromatic carbocycles. The molecule has 18 heteroatoms. The van der Waals surface area contributed by atoms with Gasteiger partial charge in [0.15, 0.2) is 0 Å². The molecular weight excluding hydrogens is 942 g/mol. The molecule has 4 N–H and O–H groups in total. The van der Waals surface area contributed by atoms with Gasteiger partial charge < -0.3 is 30.5 Å². The molecule has 5 amide bonds. The summed E-state index contributed by atoms with van der Waals surface area (Å²) in [5, 5.41) is 11.8. The zero-order valence-electron chi connectivity index (χ0n) is 39.5. The zero-order chi connectivity index (χ0) is 50.4. The van der Waals surface area contributed by atoms with E-state index in [0.29, 0.717) is 42.6 Å². The monoisotopic (exact) mass is 993 g/mol. The number of benzene rings is 3. The van der Waals surface area contributed by atoms with Gasteiger partial charge in [-0.15, -0.1) is 0 Å². The molecule has 4 fully saturated rings. The SMILES string of the molecule is COc1cc(C(=O)N2CCC3(CC2)C[C@H]3C#Cc2ccc3c(c2)CN(C2CCC(=O)NC2=O)C3=O)ccc1NC(=O)[C@@H]1N[C@@H](CC(C)(C)C)[C@@]2(CNc3cc(C(F)(F)F)ncc32)[C@H]1c1cccc(Cl)c1F. The van der Waals surface area contributed by atoms with Crippen molar-refractivity contribution in [2.24, 2.45) is 16.7 Å². The Morgan fingerprint density at radius 2 is 1.80 bits per heavy atom. The Hall–Kier alpha value is -6.51. The molecular formula is C53H52ClF4N7O6. The molecule has 1 aliphatic carbocycles. The normalized spacial score (nSPS) is 25.3. The fraction of sp³-hybridized carbons (Fsp3) is 0.434. The van der Waals surface area contributed by atoms with Gasteiger partial charge in [-0.05, 0) is 103 Å². The first-order valence-corrected chi connectivity index (χ1v) is 24.2. The number of alkyl halides is 3. The summed E-state index contributed by atoms with van der Waals surface area (Å²) in [4.78, 5) is 73.2. The van der Waals surface area contributed by atoms with E-state index in [-0.39, 0.29) is 81.7 Å². The summed E-state index contributed by atoms with van der Waals surface area (Å²) in [6, 6.07) is 13.4. The van der Waals surface area contributed by atoms with E-state index >= 15 is 4.39 Å². The van der Waals surface area contributed by atoms with E-state index in [9.17, 15) is 37.1 Å². The highest BCUT2D eigenvalue weighted by atomic mass is 35.5. The van der Waals surface area contributed by atoms with Crippen molar-refractivity contribution in [3.05, 3.63) is 117 Å². The molecule has 10 rings (SSSR count). The number of ether oxygens (including phenoxy) is 1. The number of piperidine rings is 2. The summed E-state index contributed by atoms with van der Waals surface area (Å²) >= 11 is 6.37. The molecule has 6 aliphatic rings. The van der Waals surface area contributed by atoms with Crippen LogP contribution in [-0.4, -0.2) is 89.2 Å². The van der Waals surface area contributed by atoms with Gasteiger partial charge in [0.1, 0.15) is 23.3 Å². The topological polar surface area (TPSA) is 162 Å². The number of carbonyl (C=O) groups is 5. The lowest BCUT2D eigenvalue weighted by Gasteiger charge is -2.39. The molecule has 2 spiro atoms. The minimum Gasteiger partial charge on any atom is -0.495 e. The summed E-state index contributed by atoms with van der Waals surface area (Å²) in [5.41, 5.74) is 0.891. The predicted octanol–water partition coefficient (Wildman–Crippen LogP) is 7.82. The average molecular weight is 994 g/mol. The maximum Gasteiger partial charge on any atom is 0.433 e. The molecule has 1 saturated carbocycles. The van der Waals surface area contributed by atoms with E-state index in [1.54, 1.807) is 41.3 Å². The molecule has 13 nitrogen and oxygen atoms in total. The Morgan fingerprint density at radius 1 is 1.03 bits per heavy atom. The van der Waals surface area contributed by atoms with E-state index in [4.69, 9.17) is 16.3 Å². The van der Waals surface area contributed by atoms with Gasteiger partial charge in [-0.2, -0.15) is 13.2 Å². The van der Waals surface area contributed by atoms with Crippen LogP contribution in [0.4, 0.5) is 28.9 Å². The minimum absolute atomic E-state index is 0.00532. The van der Waals surface area contributed by atoms with Crippen LogP contribution < -0.4 is 26.0 Å². The highest BCUT2D eigenvalue weighted by Gasteiger charge is 2.62. The van der Waals surface area contributed by atoms with Gasteiger partial charge in [0.05, 0.1) is 23.9 Å². The second kappa shape index (κ2) is 17.7. The number of imide groups is 1. The number of anilines is 2. The van der Waals surface area contributed by atoms with Crippen molar-refractivity contribution >= 4 is 52.5 Å². The zero-order valence-corrected chi connectivity index (χ0v) is 40.2. The van der Waals surface area contributed by atoms with Gasteiger partial charge in [0, 0.05) is 90.0 Å². The number of hydrogen-bond acceptors (Lipinski definition) is 9. The first-order valence-electron chi connectivity index (χ1n) is 23.8. The van der Waals surface area contributed by atoms with Gasteiger partial charge in [0.25, 0.3) is 11.8 Å². The lowest BCUT2D eigenvalue weighted by atomic mass is 9.63. The summed E-state index contributed by atoms with van der Waals surface area (Å²) < 4.78 is 63.7. The number of fused-ring (bicyclic) bond motifs is 3. The third kappa shape index (κ3) is 8.66. The van der Waals surface area contributed by atoms with E-state index in [1.807, 2.05) is 32.9 Å². The highest BCUT2D eigenvalue weighted by Crippen LogP contribution is 2.60. The van der Waals surface area contributed by atoms with Crippen LogP contribution in [0.15, 0.2) is 66.9 Å². The van der Waals surface area contributed by atoms with Crippen molar-refractivity contribution in [3.8, 4) is 17.6 Å². The molecule has 370 valence electrons. The number of nitrogens with zero attached hydrogens (tertiary/aromatic N) is 3. The first-order chi connectivity index (χ1) is 33.7. The fourth-order valence-corrected chi connectivity index (χ4v) is 11.9. The second-order valence-electron chi connectivity index (χ2n) is 20.9. The van der Waals surface area contributed by atoms with Gasteiger partial charge in [-0.1, -0.05) is 56.3 Å². The van der Waals surface area contributed by atoms with Gasteiger partial charge >= 0.3 is 6.18 Å². The Morgan fingerprint density at radius 3 is 2.52 bits per heavy atom. The number of nitrogens with one attached hydrogen (secondary N) is 4. The number of amides is 5. The molecule has 0 bridgehead atoms. The average Bonchev–Trinajstić information content (AvgIpc) is 3.53. The Balaban J connectivity index is 0.828. The molecule has 1 unspecified atom stereocenters. The number of methoxy groups -OCH3 is 1. The Bertz CT molecular complexity index is 2980. The first kappa shape index (κ1) is 48.1. The number of likely N-dealkylation sites (tertiary alicyclic amines) is 1. The summed E-state index contributed by atoms with van der Waals surface area (Å²) in [5.74, 6) is 3.61. The van der Waals surface area contributed by atoms with E-state index in [2.05, 4.69) is 38.1 Å². The molecule has 0 radical (unpaired) electrons. The second-order valence-corrected chi connectivity index (χ2v) is 21.4. The maximum absolute atomic E-state index is 16.3. The number of hydrogen-bond donors (Lipinski definition) is 4. The highest BCUT2D eigenvalue weighted by molar-refractivity contribution is 6.30. The van der Waals surface area contributed by atoms with Gasteiger partial charge in [-0.3, -0.25) is 34.3 Å². The van der Waals surface area contributed by atoms with Crippen LogP contribution in [0.5, 0.6) is 5.75 Å². The third-order valence-electron chi connectivity index (χ3n) is 15.4. The van der Waals surface area contributed by atoms with Crippen LogP contribution in [-0.2, 0) is 32.5 Å². The number of pyridine rings is 1. The number of carbonyl (C=O) groups excluding carboxylic acids is 5. The summed E-state index contributed by atoms with van der Waals surface area (Å²) in [6.07, 6.45) is -0.136. The standard InChI is InChI=1S/C53H52ClF4N7O6/c1-50(2,3)24-41-52(27-60-37-22-40(53(56,57)58)59-25-34(37)52)43(33-6-5-7-35(54)44(33)55)45(62-41)47(68)61-36-13-10-29(21-39(36)71-4)48(69)64-18-16-51(17-19-64)23-31(51)11-8-28-9-12-32-30(20-28)26-65(49(32)70)38-14-15-42(66)63-46(38)67/h5-7,9-10,12-13,20-22,25,31,38,41,43,45,60,62H,14-19,23-24,26-27H2,1-4H3,(H,61,68)(H,63,66,67)/t31-,38?,41+,43+,45-,52+/m1/s1. The van der Waals surface area contributed by atoms with Crippen molar-refractivity contribution in [2.75, 3.05) is 37.4 Å². The van der Waals surface area contributed by atoms with Gasteiger partial charge in [0.2, 0.25) is 17.7 Å². The van der Waals surface area contributed by atoms with Gasteiger partial charge in [-0.25, -0.2) is 4.39 Å². The lowest BCUT2D eigenvalue weighted by molar-refractivity contribution is -0.141. The fourth-order valence-electron chi connectivity index (χ4n) is 11.7. The van der Waals surface area contributed by atoms with Crippen molar-refractivity contribution in [2.45, 2.75) is 101 Å². The van der Waals surface area contributed by atoms with E-state index < -0.39 is 59.0 Å². The van der Waals surface area contributed by atoms with E-state index in [0.717, 1.165) is 36.5 Å². The molecule has 1 aromatic heterocycles. The van der Waals surface area contributed by atoms with Crippen LogP contribution in [0, 0.1) is 34.4 Å². The van der Waals surface area contributed by atoms with Crippen LogP contribution in [0.3, 0.4) is 0 Å². The number of halogens is 5.